The lowest BCUT2D eigenvalue weighted by molar-refractivity contribution is 1.23. The van der Waals surface area contributed by atoms with Crippen molar-refractivity contribution in [3.63, 3.8) is 0 Å². The van der Waals surface area contributed by atoms with Crippen LogP contribution in [0.4, 0.5) is 5.82 Å². The van der Waals surface area contributed by atoms with Gasteiger partial charge in [0.05, 0.1) is 5.69 Å². The zero-order valence-corrected chi connectivity index (χ0v) is 11.8. The summed E-state index contributed by atoms with van der Waals surface area (Å²) in [5, 5.41) is 2.04. The lowest BCUT2D eigenvalue weighted by Gasteiger charge is -2.02. The van der Waals surface area contributed by atoms with Crippen LogP contribution in [0.15, 0.2) is 54.4 Å². The molecule has 0 aliphatic heterocycles. The third-order valence-corrected chi connectivity index (χ3v) is 4.12. The Balaban J connectivity index is 1.95. The first kappa shape index (κ1) is 12.0. The minimum atomic E-state index is 0.623. The number of hydrogen-bond acceptors (Lipinski definition) is 5. The molecule has 4 aromatic rings. The van der Waals surface area contributed by atoms with E-state index >= 15 is 0 Å². The van der Waals surface area contributed by atoms with Crippen LogP contribution < -0.4 is 5.73 Å². The van der Waals surface area contributed by atoms with Crippen molar-refractivity contribution in [3.05, 3.63) is 54.4 Å². The molecule has 21 heavy (non-hydrogen) atoms. The lowest BCUT2D eigenvalue weighted by atomic mass is 10.2. The Morgan fingerprint density at radius 3 is 2.38 bits per heavy atom. The molecule has 6 heteroatoms. The Labute approximate surface area is 124 Å². The van der Waals surface area contributed by atoms with Crippen LogP contribution in [0.25, 0.3) is 27.5 Å². The molecule has 5 nitrogen and oxygen atoms in total. The smallest absolute Gasteiger partial charge is 0.196 e. The molecular weight excluding hydrogens is 282 g/mol. The molecule has 0 saturated heterocycles. The van der Waals surface area contributed by atoms with Crippen LogP contribution in [0.2, 0.25) is 0 Å². The van der Waals surface area contributed by atoms with Gasteiger partial charge in [-0.15, -0.1) is 11.3 Å². The van der Waals surface area contributed by atoms with Crippen LogP contribution in [0, 0.1) is 0 Å². The molecule has 2 N–H and O–H groups in total. The SMILES string of the molecule is Nc1c(-c2cccnc2)nc2scc(-c3cccnc3)n12. The van der Waals surface area contributed by atoms with Crippen LogP contribution in [0.5, 0.6) is 0 Å². The average molecular weight is 293 g/mol. The Morgan fingerprint density at radius 2 is 1.71 bits per heavy atom. The zero-order chi connectivity index (χ0) is 14.2. The molecular formula is C15H11N5S. The van der Waals surface area contributed by atoms with E-state index in [9.17, 15) is 0 Å². The maximum atomic E-state index is 6.31. The molecule has 0 bridgehead atoms. The average Bonchev–Trinajstić information content (AvgIpc) is 3.10. The first-order chi connectivity index (χ1) is 10.3. The summed E-state index contributed by atoms with van der Waals surface area (Å²) in [6.45, 7) is 0. The van der Waals surface area contributed by atoms with Crippen molar-refractivity contribution in [2.24, 2.45) is 0 Å². The molecule has 0 spiro atoms. The topological polar surface area (TPSA) is 69.1 Å². The summed E-state index contributed by atoms with van der Waals surface area (Å²) in [6, 6.07) is 7.76. The van der Waals surface area contributed by atoms with Gasteiger partial charge in [0.25, 0.3) is 0 Å². The summed E-state index contributed by atoms with van der Waals surface area (Å²) in [5.74, 6) is 0.623. The maximum Gasteiger partial charge on any atom is 0.196 e. The maximum absolute atomic E-state index is 6.31. The molecule has 0 fully saturated rings. The van der Waals surface area contributed by atoms with E-state index in [1.807, 2.05) is 40.2 Å². The normalized spacial score (nSPS) is 11.0. The van der Waals surface area contributed by atoms with Gasteiger partial charge < -0.3 is 5.73 Å². The molecule has 0 unspecified atom stereocenters. The summed E-state index contributed by atoms with van der Waals surface area (Å²) >= 11 is 1.56. The molecule has 0 atom stereocenters. The number of pyridine rings is 2. The second kappa shape index (κ2) is 4.68. The van der Waals surface area contributed by atoms with Gasteiger partial charge in [-0.3, -0.25) is 14.4 Å². The second-order valence-corrected chi connectivity index (χ2v) is 5.40. The molecule has 0 aliphatic carbocycles. The lowest BCUT2D eigenvalue weighted by Crippen LogP contribution is -1.95. The predicted octanol–water partition coefficient (Wildman–Crippen LogP) is 3.10. The Hall–Kier alpha value is -2.73. The van der Waals surface area contributed by atoms with E-state index in [2.05, 4.69) is 15.0 Å². The number of rotatable bonds is 2. The van der Waals surface area contributed by atoms with Gasteiger partial charge in [0, 0.05) is 41.3 Å². The summed E-state index contributed by atoms with van der Waals surface area (Å²) in [4.78, 5) is 13.8. The fraction of sp³-hybridized carbons (Fsp3) is 0. The first-order valence-corrected chi connectivity index (χ1v) is 7.29. The van der Waals surface area contributed by atoms with Gasteiger partial charge in [0.2, 0.25) is 0 Å². The highest BCUT2D eigenvalue weighted by Crippen LogP contribution is 2.33. The minimum absolute atomic E-state index is 0.623. The summed E-state index contributed by atoms with van der Waals surface area (Å²) in [5.41, 5.74) is 10.0. The van der Waals surface area contributed by atoms with E-state index in [0.29, 0.717) is 5.82 Å². The molecule has 0 aromatic carbocycles. The number of nitrogens with zero attached hydrogens (tertiary/aromatic N) is 4. The number of imidazole rings is 1. The minimum Gasteiger partial charge on any atom is -0.383 e. The third-order valence-electron chi connectivity index (χ3n) is 3.29. The molecule has 102 valence electrons. The van der Waals surface area contributed by atoms with E-state index in [-0.39, 0.29) is 0 Å². The van der Waals surface area contributed by atoms with E-state index in [1.165, 1.54) is 0 Å². The Bertz CT molecular complexity index is 896. The van der Waals surface area contributed by atoms with Gasteiger partial charge in [-0.2, -0.15) is 0 Å². The fourth-order valence-electron chi connectivity index (χ4n) is 2.31. The van der Waals surface area contributed by atoms with Crippen molar-refractivity contribution < 1.29 is 0 Å². The van der Waals surface area contributed by atoms with Gasteiger partial charge in [-0.1, -0.05) is 0 Å². The Morgan fingerprint density at radius 1 is 1.00 bits per heavy atom. The summed E-state index contributed by atoms with van der Waals surface area (Å²) in [6.07, 6.45) is 7.09. The van der Waals surface area contributed by atoms with Gasteiger partial charge in [-0.25, -0.2) is 4.98 Å². The monoisotopic (exact) mass is 293 g/mol. The van der Waals surface area contributed by atoms with E-state index in [1.54, 1.807) is 29.9 Å². The van der Waals surface area contributed by atoms with Crippen molar-refractivity contribution in [1.29, 1.82) is 0 Å². The molecule has 4 heterocycles. The predicted molar refractivity (Wildman–Crippen MR) is 83.9 cm³/mol. The quantitative estimate of drug-likeness (QED) is 0.616. The highest BCUT2D eigenvalue weighted by atomic mass is 32.1. The van der Waals surface area contributed by atoms with Crippen molar-refractivity contribution in [2.75, 3.05) is 5.73 Å². The zero-order valence-electron chi connectivity index (χ0n) is 11.0. The van der Waals surface area contributed by atoms with Crippen molar-refractivity contribution in [3.8, 4) is 22.5 Å². The van der Waals surface area contributed by atoms with Crippen molar-refractivity contribution in [1.82, 2.24) is 19.4 Å². The highest BCUT2D eigenvalue weighted by Gasteiger charge is 2.16. The number of fused-ring (bicyclic) bond motifs is 1. The number of anilines is 1. The van der Waals surface area contributed by atoms with Crippen LogP contribution in [-0.2, 0) is 0 Å². The largest absolute Gasteiger partial charge is 0.383 e. The summed E-state index contributed by atoms with van der Waals surface area (Å²) < 4.78 is 1.96. The number of thiazole rings is 1. The number of hydrogen-bond donors (Lipinski definition) is 1. The van der Waals surface area contributed by atoms with Gasteiger partial charge in [0.15, 0.2) is 4.96 Å². The molecule has 4 aromatic heterocycles. The molecule has 0 amide bonds. The number of nitrogens with two attached hydrogens (primary N) is 1. The van der Waals surface area contributed by atoms with Crippen molar-refractivity contribution in [2.45, 2.75) is 0 Å². The van der Waals surface area contributed by atoms with Crippen LogP contribution >= 0.6 is 11.3 Å². The molecule has 0 aliphatic rings. The van der Waals surface area contributed by atoms with E-state index in [0.717, 1.165) is 27.5 Å². The highest BCUT2D eigenvalue weighted by molar-refractivity contribution is 7.15. The number of nitrogen functional groups attached to an aromatic ring is 1. The standard InChI is InChI=1S/C15H11N5S/c16-14-13(11-4-2-6-18-8-11)19-15-20(14)12(9-21-15)10-3-1-5-17-7-10/h1-9H,16H2. The summed E-state index contributed by atoms with van der Waals surface area (Å²) in [7, 11) is 0. The van der Waals surface area contributed by atoms with Crippen LogP contribution in [0.1, 0.15) is 0 Å². The number of aromatic nitrogens is 4. The van der Waals surface area contributed by atoms with Gasteiger partial charge in [-0.05, 0) is 24.3 Å². The van der Waals surface area contributed by atoms with Crippen molar-refractivity contribution >= 4 is 22.1 Å². The van der Waals surface area contributed by atoms with E-state index < -0.39 is 0 Å². The van der Waals surface area contributed by atoms with Crippen LogP contribution in [0.3, 0.4) is 0 Å². The second-order valence-electron chi connectivity index (χ2n) is 4.57. The Kier molecular flexibility index (Phi) is 2.68. The fourth-order valence-corrected chi connectivity index (χ4v) is 3.22. The third kappa shape index (κ3) is 1.88. The molecule has 0 radical (unpaired) electrons. The molecule has 4 rings (SSSR count). The van der Waals surface area contributed by atoms with Crippen LogP contribution in [-0.4, -0.2) is 19.4 Å². The van der Waals surface area contributed by atoms with Gasteiger partial charge >= 0.3 is 0 Å². The van der Waals surface area contributed by atoms with E-state index in [4.69, 9.17) is 5.73 Å². The first-order valence-electron chi connectivity index (χ1n) is 6.41. The molecule has 0 saturated carbocycles. The van der Waals surface area contributed by atoms with Gasteiger partial charge in [0.1, 0.15) is 11.5 Å².